The molecule has 2 aromatic rings. The van der Waals surface area contributed by atoms with E-state index in [1.165, 1.54) is 18.9 Å². The number of rotatable bonds is 2. The highest BCUT2D eigenvalue weighted by Crippen LogP contribution is 2.30. The maximum atomic E-state index is 11.3. The summed E-state index contributed by atoms with van der Waals surface area (Å²) in [5.74, 6) is 0.790. The van der Waals surface area contributed by atoms with Crippen molar-refractivity contribution in [3.05, 3.63) is 40.8 Å². The van der Waals surface area contributed by atoms with Crippen LogP contribution in [0, 0.1) is 0 Å². The molecule has 2 saturated heterocycles. The van der Waals surface area contributed by atoms with E-state index < -0.39 is 0 Å². The van der Waals surface area contributed by atoms with Crippen molar-refractivity contribution >= 4 is 11.0 Å². The second kappa shape index (κ2) is 4.63. The van der Waals surface area contributed by atoms with Gasteiger partial charge in [0.1, 0.15) is 17.4 Å². The normalized spacial score (nSPS) is 28.7. The van der Waals surface area contributed by atoms with E-state index >= 15 is 0 Å². The predicted molar refractivity (Wildman–Crippen MR) is 76.1 cm³/mol. The zero-order valence-electron chi connectivity index (χ0n) is 11.2. The van der Waals surface area contributed by atoms with Crippen LogP contribution in [0.5, 0.6) is 5.75 Å². The third kappa shape index (κ3) is 2.20. The van der Waals surface area contributed by atoms with Crippen molar-refractivity contribution in [1.29, 1.82) is 0 Å². The molecule has 2 fully saturated rings. The van der Waals surface area contributed by atoms with Crippen LogP contribution in [-0.2, 0) is 0 Å². The van der Waals surface area contributed by atoms with E-state index in [4.69, 9.17) is 9.15 Å². The fraction of sp³-hybridized carbons (Fsp3) is 0.438. The summed E-state index contributed by atoms with van der Waals surface area (Å²) in [6, 6.07) is 10.1. The van der Waals surface area contributed by atoms with Gasteiger partial charge in [0, 0.05) is 29.6 Å². The lowest BCUT2D eigenvalue weighted by atomic mass is 10.0. The Morgan fingerprint density at radius 2 is 1.85 bits per heavy atom. The molecule has 4 nitrogen and oxygen atoms in total. The summed E-state index contributed by atoms with van der Waals surface area (Å²) in [6.45, 7) is 0. The van der Waals surface area contributed by atoms with E-state index in [0.29, 0.717) is 17.7 Å². The van der Waals surface area contributed by atoms with Crippen LogP contribution in [0.25, 0.3) is 11.0 Å². The summed E-state index contributed by atoms with van der Waals surface area (Å²) < 4.78 is 11.3. The topological polar surface area (TPSA) is 51.5 Å². The number of hydrogen-bond donors (Lipinski definition) is 1. The average molecular weight is 271 g/mol. The standard InChI is InChI=1S/C16H17NO3/c18-16-6-2-10-1-5-13(9-15(10)20-16)19-14-7-11-3-4-12(8-14)17-11/h1-2,5-6,9,11-12,14,17H,3-4,7-8H2/t11-,12-/m1/s1. The minimum absolute atomic E-state index is 0.265. The molecule has 2 bridgehead atoms. The molecule has 0 radical (unpaired) electrons. The van der Waals surface area contributed by atoms with E-state index in [1.54, 1.807) is 6.07 Å². The molecule has 1 aromatic carbocycles. The molecular weight excluding hydrogens is 254 g/mol. The number of hydrogen-bond acceptors (Lipinski definition) is 4. The second-order valence-corrected chi connectivity index (χ2v) is 5.80. The van der Waals surface area contributed by atoms with E-state index in [9.17, 15) is 4.79 Å². The molecule has 0 spiro atoms. The molecule has 4 rings (SSSR count). The van der Waals surface area contributed by atoms with Crippen LogP contribution in [0.15, 0.2) is 39.5 Å². The molecule has 0 aliphatic carbocycles. The Bertz CT molecular complexity index is 681. The van der Waals surface area contributed by atoms with Crippen LogP contribution in [0.3, 0.4) is 0 Å². The van der Waals surface area contributed by atoms with Gasteiger partial charge in [-0.2, -0.15) is 0 Å². The highest BCUT2D eigenvalue weighted by Gasteiger charge is 2.34. The Kier molecular flexibility index (Phi) is 2.77. The zero-order chi connectivity index (χ0) is 13.5. The fourth-order valence-corrected chi connectivity index (χ4v) is 3.41. The van der Waals surface area contributed by atoms with E-state index in [-0.39, 0.29) is 11.7 Å². The van der Waals surface area contributed by atoms with Crippen molar-refractivity contribution in [2.24, 2.45) is 0 Å². The van der Waals surface area contributed by atoms with Gasteiger partial charge in [-0.25, -0.2) is 4.79 Å². The van der Waals surface area contributed by atoms with Crippen LogP contribution < -0.4 is 15.7 Å². The van der Waals surface area contributed by atoms with Crippen LogP contribution in [0.2, 0.25) is 0 Å². The third-order valence-electron chi connectivity index (χ3n) is 4.33. The van der Waals surface area contributed by atoms with Gasteiger partial charge in [-0.1, -0.05) is 0 Å². The molecule has 0 unspecified atom stereocenters. The molecule has 20 heavy (non-hydrogen) atoms. The SMILES string of the molecule is O=c1ccc2ccc(OC3C[C@H]4CC[C@H](C3)N4)cc2o1. The molecule has 104 valence electrons. The van der Waals surface area contributed by atoms with E-state index in [1.807, 2.05) is 18.2 Å². The molecule has 2 atom stereocenters. The third-order valence-corrected chi connectivity index (χ3v) is 4.33. The van der Waals surface area contributed by atoms with Gasteiger partial charge in [0.25, 0.3) is 0 Å². The molecule has 0 amide bonds. The number of fused-ring (bicyclic) bond motifs is 3. The Morgan fingerprint density at radius 1 is 1.10 bits per heavy atom. The van der Waals surface area contributed by atoms with Gasteiger partial charge in [-0.3, -0.25) is 0 Å². The first kappa shape index (κ1) is 12.0. The Labute approximate surface area is 116 Å². The Morgan fingerprint density at radius 3 is 2.65 bits per heavy atom. The Hall–Kier alpha value is -1.81. The van der Waals surface area contributed by atoms with E-state index in [2.05, 4.69) is 5.32 Å². The summed E-state index contributed by atoms with van der Waals surface area (Å²) >= 11 is 0. The monoisotopic (exact) mass is 271 g/mol. The quantitative estimate of drug-likeness (QED) is 0.852. The summed E-state index contributed by atoms with van der Waals surface area (Å²) in [5.41, 5.74) is 0.265. The molecule has 2 aliphatic rings. The van der Waals surface area contributed by atoms with Crippen molar-refractivity contribution in [2.75, 3.05) is 0 Å². The van der Waals surface area contributed by atoms with Crippen molar-refractivity contribution < 1.29 is 9.15 Å². The lowest BCUT2D eigenvalue weighted by molar-refractivity contribution is 0.137. The first-order valence-electron chi connectivity index (χ1n) is 7.23. The smallest absolute Gasteiger partial charge is 0.336 e. The molecule has 0 saturated carbocycles. The van der Waals surface area contributed by atoms with Crippen molar-refractivity contribution in [2.45, 2.75) is 43.9 Å². The van der Waals surface area contributed by atoms with Gasteiger partial charge in [0.05, 0.1) is 0 Å². The second-order valence-electron chi connectivity index (χ2n) is 5.80. The minimum atomic E-state index is -0.324. The lowest BCUT2D eigenvalue weighted by Gasteiger charge is -2.29. The minimum Gasteiger partial charge on any atom is -0.490 e. The zero-order valence-corrected chi connectivity index (χ0v) is 11.2. The van der Waals surface area contributed by atoms with Crippen LogP contribution in [0.4, 0.5) is 0 Å². The first-order chi connectivity index (χ1) is 9.76. The maximum absolute atomic E-state index is 11.3. The largest absolute Gasteiger partial charge is 0.490 e. The number of piperidine rings is 1. The van der Waals surface area contributed by atoms with Gasteiger partial charge in [0.15, 0.2) is 0 Å². The van der Waals surface area contributed by atoms with Crippen LogP contribution in [-0.4, -0.2) is 18.2 Å². The van der Waals surface area contributed by atoms with Gasteiger partial charge in [-0.05, 0) is 43.9 Å². The summed E-state index contributed by atoms with van der Waals surface area (Å²) in [6.07, 6.45) is 4.91. The molecular formula is C16H17NO3. The molecule has 3 heterocycles. The molecule has 2 aliphatic heterocycles. The van der Waals surface area contributed by atoms with Gasteiger partial charge >= 0.3 is 5.63 Å². The predicted octanol–water partition coefficient (Wildman–Crippen LogP) is 2.45. The highest BCUT2D eigenvalue weighted by atomic mass is 16.5. The van der Waals surface area contributed by atoms with Gasteiger partial charge in [-0.15, -0.1) is 0 Å². The fourth-order valence-electron chi connectivity index (χ4n) is 3.41. The van der Waals surface area contributed by atoms with Gasteiger partial charge < -0.3 is 14.5 Å². The van der Waals surface area contributed by atoms with Crippen molar-refractivity contribution in [1.82, 2.24) is 5.32 Å². The molecule has 1 N–H and O–H groups in total. The van der Waals surface area contributed by atoms with Crippen molar-refractivity contribution in [3.8, 4) is 5.75 Å². The summed E-state index contributed by atoms with van der Waals surface area (Å²) in [5, 5.41) is 4.52. The molecule has 4 heteroatoms. The first-order valence-corrected chi connectivity index (χ1v) is 7.23. The molecule has 1 aromatic heterocycles. The van der Waals surface area contributed by atoms with Gasteiger partial charge in [0.2, 0.25) is 0 Å². The average Bonchev–Trinajstić information content (AvgIpc) is 2.77. The lowest BCUT2D eigenvalue weighted by Crippen LogP contribution is -2.42. The summed E-state index contributed by atoms with van der Waals surface area (Å²) in [7, 11) is 0. The maximum Gasteiger partial charge on any atom is 0.336 e. The van der Waals surface area contributed by atoms with Crippen LogP contribution >= 0.6 is 0 Å². The van der Waals surface area contributed by atoms with Crippen LogP contribution in [0.1, 0.15) is 25.7 Å². The Balaban J connectivity index is 1.57. The van der Waals surface area contributed by atoms with E-state index in [0.717, 1.165) is 24.0 Å². The highest BCUT2D eigenvalue weighted by molar-refractivity contribution is 5.77. The number of benzene rings is 1. The number of ether oxygens (including phenoxy) is 1. The van der Waals surface area contributed by atoms with Crippen molar-refractivity contribution in [3.63, 3.8) is 0 Å². The number of nitrogens with one attached hydrogen (secondary N) is 1. The summed E-state index contributed by atoms with van der Waals surface area (Å²) in [4.78, 5) is 11.3.